The molecule has 3 rings (SSSR count). The summed E-state index contributed by atoms with van der Waals surface area (Å²) in [6, 6.07) is 0. The summed E-state index contributed by atoms with van der Waals surface area (Å²) >= 11 is 0. The predicted octanol–water partition coefficient (Wildman–Crippen LogP) is 2.70. The summed E-state index contributed by atoms with van der Waals surface area (Å²) in [6.45, 7) is 9.73. The highest BCUT2D eigenvalue weighted by molar-refractivity contribution is 5.12. The normalized spacial score (nSPS) is 51.5. The van der Waals surface area contributed by atoms with E-state index in [1.54, 1.807) is 0 Å². The number of aliphatic hydroxyl groups is 2. The second-order valence-electron chi connectivity index (χ2n) is 8.42. The van der Waals surface area contributed by atoms with Gasteiger partial charge in [-0.2, -0.15) is 0 Å². The Morgan fingerprint density at radius 3 is 2.32 bits per heavy atom. The molecule has 0 spiro atoms. The molecule has 3 nitrogen and oxygen atoms in total. The molecule has 0 radical (unpaired) electrons. The largest absolute Gasteiger partial charge is 0.375 e. The maximum atomic E-state index is 10.3. The smallest absolute Gasteiger partial charge is 0.163 e. The van der Waals surface area contributed by atoms with Crippen molar-refractivity contribution in [2.45, 2.75) is 71.2 Å². The van der Waals surface area contributed by atoms with Crippen molar-refractivity contribution in [3.63, 3.8) is 0 Å². The number of rotatable bonds is 0. The molecule has 3 fully saturated rings. The van der Waals surface area contributed by atoms with Crippen molar-refractivity contribution in [2.75, 3.05) is 6.61 Å². The topological polar surface area (TPSA) is 49.7 Å². The van der Waals surface area contributed by atoms with E-state index in [0.717, 1.165) is 25.9 Å². The summed E-state index contributed by atoms with van der Waals surface area (Å²) in [5.41, 5.74) is -0.0794. The molecule has 3 aliphatic rings. The first kappa shape index (κ1) is 13.8. The second kappa shape index (κ2) is 3.75. The van der Waals surface area contributed by atoms with E-state index in [4.69, 9.17) is 4.74 Å². The molecule has 1 aliphatic heterocycles. The molecule has 4 unspecified atom stereocenters. The van der Waals surface area contributed by atoms with E-state index >= 15 is 0 Å². The van der Waals surface area contributed by atoms with Crippen molar-refractivity contribution in [1.82, 2.24) is 0 Å². The number of ether oxygens (including phenoxy) is 1. The third kappa shape index (κ3) is 1.89. The van der Waals surface area contributed by atoms with Crippen LogP contribution in [0.15, 0.2) is 0 Å². The van der Waals surface area contributed by atoms with Crippen molar-refractivity contribution >= 4 is 0 Å². The lowest BCUT2D eigenvalue weighted by Crippen LogP contribution is -2.61. The molecule has 2 N–H and O–H groups in total. The first-order valence-corrected chi connectivity index (χ1v) is 7.68. The molecule has 19 heavy (non-hydrogen) atoms. The van der Waals surface area contributed by atoms with Crippen molar-refractivity contribution in [2.24, 2.45) is 22.7 Å². The van der Waals surface area contributed by atoms with Crippen LogP contribution in [0.5, 0.6) is 0 Å². The highest BCUT2D eigenvalue weighted by Gasteiger charge is 2.64. The maximum absolute atomic E-state index is 10.3. The van der Waals surface area contributed by atoms with Crippen molar-refractivity contribution in [3.8, 4) is 0 Å². The minimum absolute atomic E-state index is 0.0135. The van der Waals surface area contributed by atoms with Crippen LogP contribution in [0.4, 0.5) is 0 Å². The molecule has 0 amide bonds. The third-order valence-electron chi connectivity index (χ3n) is 6.44. The first-order chi connectivity index (χ1) is 8.59. The van der Waals surface area contributed by atoms with Gasteiger partial charge in [0, 0.05) is 19.4 Å². The van der Waals surface area contributed by atoms with Gasteiger partial charge in [-0.1, -0.05) is 20.8 Å². The highest BCUT2D eigenvalue weighted by Crippen LogP contribution is 2.66. The fraction of sp³-hybridized carbons (Fsp3) is 1.00. The molecular weight excluding hydrogens is 240 g/mol. The van der Waals surface area contributed by atoms with Crippen molar-refractivity contribution in [3.05, 3.63) is 0 Å². The van der Waals surface area contributed by atoms with E-state index in [0.29, 0.717) is 24.7 Å². The third-order valence-corrected chi connectivity index (χ3v) is 6.44. The Morgan fingerprint density at radius 2 is 1.63 bits per heavy atom. The van der Waals surface area contributed by atoms with Crippen LogP contribution in [0.1, 0.15) is 59.8 Å². The van der Waals surface area contributed by atoms with Gasteiger partial charge in [-0.3, -0.25) is 0 Å². The van der Waals surface area contributed by atoms with Gasteiger partial charge in [-0.15, -0.1) is 0 Å². The van der Waals surface area contributed by atoms with Crippen LogP contribution in [0.2, 0.25) is 0 Å². The molecule has 110 valence electrons. The van der Waals surface area contributed by atoms with Gasteiger partial charge in [-0.05, 0) is 48.9 Å². The van der Waals surface area contributed by atoms with Crippen LogP contribution in [0, 0.1) is 22.7 Å². The van der Waals surface area contributed by atoms with E-state index in [9.17, 15) is 10.2 Å². The number of hydrogen-bond acceptors (Lipinski definition) is 3. The van der Waals surface area contributed by atoms with Gasteiger partial charge in [0.1, 0.15) is 0 Å². The maximum Gasteiger partial charge on any atom is 0.163 e. The molecule has 2 aliphatic carbocycles. The zero-order chi connectivity index (χ0) is 14.1. The predicted molar refractivity (Wildman–Crippen MR) is 73.5 cm³/mol. The molecule has 3 heteroatoms. The minimum Gasteiger partial charge on any atom is -0.375 e. The molecule has 1 saturated heterocycles. The van der Waals surface area contributed by atoms with Crippen LogP contribution in [0.3, 0.4) is 0 Å². The summed E-state index contributed by atoms with van der Waals surface area (Å²) in [6.07, 6.45) is 4.32. The second-order valence-corrected chi connectivity index (χ2v) is 8.42. The van der Waals surface area contributed by atoms with Crippen LogP contribution in [-0.2, 0) is 4.74 Å². The Bertz CT molecular complexity index is 385. The van der Waals surface area contributed by atoms with Crippen LogP contribution in [-0.4, -0.2) is 28.2 Å². The highest BCUT2D eigenvalue weighted by atomic mass is 16.5. The SMILES string of the molecule is CC1(C)CC(O)(O)CC2(C)C1CCC1(C)OCCC12. The number of hydrogen-bond donors (Lipinski definition) is 2. The van der Waals surface area contributed by atoms with Crippen molar-refractivity contribution < 1.29 is 14.9 Å². The number of fused-ring (bicyclic) bond motifs is 3. The average Bonchev–Trinajstić information content (AvgIpc) is 2.56. The summed E-state index contributed by atoms with van der Waals surface area (Å²) in [4.78, 5) is 0. The monoisotopic (exact) mass is 268 g/mol. The summed E-state index contributed by atoms with van der Waals surface area (Å²) in [5, 5.41) is 20.7. The fourth-order valence-electron chi connectivity index (χ4n) is 6.15. The Labute approximate surface area is 116 Å². The molecule has 2 saturated carbocycles. The van der Waals surface area contributed by atoms with E-state index in [1.807, 2.05) is 0 Å². The standard InChI is InChI=1S/C16H28O3/c1-13(2)9-16(17,18)10-14(3)11(13)5-7-15(4)12(14)6-8-19-15/h11-12,17-18H,5-10H2,1-4H3. The quantitative estimate of drug-likeness (QED) is 0.664. The van der Waals surface area contributed by atoms with Gasteiger partial charge in [0.2, 0.25) is 0 Å². The lowest BCUT2D eigenvalue weighted by atomic mass is 9.44. The van der Waals surface area contributed by atoms with Gasteiger partial charge in [-0.25, -0.2) is 0 Å². The van der Waals surface area contributed by atoms with E-state index in [1.165, 1.54) is 0 Å². The van der Waals surface area contributed by atoms with Gasteiger partial charge in [0.05, 0.1) is 5.60 Å². The van der Waals surface area contributed by atoms with Gasteiger partial charge in [0.15, 0.2) is 5.79 Å². The minimum atomic E-state index is -1.52. The Hall–Kier alpha value is -0.120. The molecule has 0 aromatic heterocycles. The van der Waals surface area contributed by atoms with Crippen LogP contribution < -0.4 is 0 Å². The lowest BCUT2D eigenvalue weighted by molar-refractivity contribution is -0.273. The Balaban J connectivity index is 2.03. The van der Waals surface area contributed by atoms with E-state index < -0.39 is 5.79 Å². The molecule has 4 atom stereocenters. The fourth-order valence-corrected chi connectivity index (χ4v) is 6.15. The molecule has 0 aromatic rings. The lowest BCUT2D eigenvalue weighted by Gasteiger charge is -2.62. The molecule has 1 heterocycles. The average molecular weight is 268 g/mol. The molecule has 0 aromatic carbocycles. The molecular formula is C16H28O3. The van der Waals surface area contributed by atoms with E-state index in [2.05, 4.69) is 27.7 Å². The Morgan fingerprint density at radius 1 is 0.947 bits per heavy atom. The summed E-state index contributed by atoms with van der Waals surface area (Å²) in [5.74, 6) is -0.500. The summed E-state index contributed by atoms with van der Waals surface area (Å²) < 4.78 is 6.03. The van der Waals surface area contributed by atoms with Gasteiger partial charge < -0.3 is 14.9 Å². The van der Waals surface area contributed by atoms with Gasteiger partial charge in [0.25, 0.3) is 0 Å². The zero-order valence-electron chi connectivity index (χ0n) is 12.7. The van der Waals surface area contributed by atoms with Crippen LogP contribution in [0.25, 0.3) is 0 Å². The first-order valence-electron chi connectivity index (χ1n) is 7.68. The Kier molecular flexibility index (Phi) is 2.73. The summed E-state index contributed by atoms with van der Waals surface area (Å²) in [7, 11) is 0. The zero-order valence-corrected chi connectivity index (χ0v) is 12.7. The molecule has 0 bridgehead atoms. The van der Waals surface area contributed by atoms with Crippen LogP contribution >= 0.6 is 0 Å². The van der Waals surface area contributed by atoms with Crippen molar-refractivity contribution in [1.29, 1.82) is 0 Å². The van der Waals surface area contributed by atoms with Gasteiger partial charge >= 0.3 is 0 Å². The van der Waals surface area contributed by atoms with E-state index in [-0.39, 0.29) is 16.4 Å².